The maximum atomic E-state index is 12.3. The molecule has 120 valence electrons. The van der Waals surface area contributed by atoms with Crippen LogP contribution in [0.3, 0.4) is 0 Å². The van der Waals surface area contributed by atoms with Gasteiger partial charge in [0.2, 0.25) is 5.91 Å². The molecule has 0 saturated carbocycles. The molecule has 0 fully saturated rings. The van der Waals surface area contributed by atoms with Crippen LogP contribution in [0.15, 0.2) is 54.6 Å². The molecule has 4 heteroatoms. The van der Waals surface area contributed by atoms with Gasteiger partial charge in [0.05, 0.1) is 18.9 Å². The molecule has 0 bridgehead atoms. The Kier molecular flexibility index (Phi) is 5.92. The van der Waals surface area contributed by atoms with Crippen LogP contribution in [0, 0.1) is 0 Å². The number of benzene rings is 2. The first-order chi connectivity index (χ1) is 11.1. The van der Waals surface area contributed by atoms with Gasteiger partial charge in [0.25, 0.3) is 0 Å². The molecule has 0 aliphatic rings. The summed E-state index contributed by atoms with van der Waals surface area (Å²) in [5.41, 5.74) is 2.92. The lowest BCUT2D eigenvalue weighted by atomic mass is 10.0. The van der Waals surface area contributed by atoms with E-state index in [-0.39, 0.29) is 18.7 Å². The Labute approximate surface area is 136 Å². The molecule has 1 unspecified atom stereocenters. The van der Waals surface area contributed by atoms with Gasteiger partial charge in [-0.2, -0.15) is 0 Å². The molecular formula is C19H21NO3. The summed E-state index contributed by atoms with van der Waals surface area (Å²) >= 11 is 0. The van der Waals surface area contributed by atoms with Crippen molar-refractivity contribution >= 4 is 11.9 Å². The van der Waals surface area contributed by atoms with Crippen LogP contribution >= 0.6 is 0 Å². The standard InChI is InChI=1S/C19H21NO3/c1-2-14-8-6-7-11-16(14)12-18(21)20-17(13-19(22)23)15-9-4-3-5-10-15/h3-11,17H,2,12-13H2,1H3,(H,20,21)(H,22,23). The highest BCUT2D eigenvalue weighted by atomic mass is 16.4. The van der Waals surface area contributed by atoms with E-state index in [0.29, 0.717) is 0 Å². The molecule has 2 rings (SSSR count). The Morgan fingerprint density at radius 2 is 1.61 bits per heavy atom. The molecule has 0 heterocycles. The van der Waals surface area contributed by atoms with Crippen molar-refractivity contribution in [3.63, 3.8) is 0 Å². The molecule has 0 saturated heterocycles. The highest BCUT2D eigenvalue weighted by molar-refractivity contribution is 5.80. The second-order valence-electron chi connectivity index (χ2n) is 5.43. The number of nitrogens with one attached hydrogen (secondary N) is 1. The van der Waals surface area contributed by atoms with Gasteiger partial charge in [-0.3, -0.25) is 9.59 Å². The van der Waals surface area contributed by atoms with E-state index in [0.717, 1.165) is 23.1 Å². The summed E-state index contributed by atoms with van der Waals surface area (Å²) in [5, 5.41) is 11.9. The van der Waals surface area contributed by atoms with Gasteiger partial charge in [0.1, 0.15) is 0 Å². The second-order valence-corrected chi connectivity index (χ2v) is 5.43. The van der Waals surface area contributed by atoms with Crippen LogP contribution in [0.5, 0.6) is 0 Å². The number of rotatable bonds is 7. The lowest BCUT2D eigenvalue weighted by Gasteiger charge is -2.18. The van der Waals surface area contributed by atoms with E-state index in [9.17, 15) is 9.59 Å². The molecule has 2 N–H and O–H groups in total. The van der Waals surface area contributed by atoms with E-state index in [2.05, 4.69) is 5.32 Å². The third kappa shape index (κ3) is 4.95. The van der Waals surface area contributed by atoms with Crippen LogP contribution in [0.25, 0.3) is 0 Å². The topological polar surface area (TPSA) is 66.4 Å². The maximum absolute atomic E-state index is 12.3. The van der Waals surface area contributed by atoms with Crippen LogP contribution in [0.2, 0.25) is 0 Å². The SMILES string of the molecule is CCc1ccccc1CC(=O)NC(CC(=O)O)c1ccccc1. The predicted molar refractivity (Wildman–Crippen MR) is 89.1 cm³/mol. The Hall–Kier alpha value is -2.62. The molecule has 0 spiro atoms. The van der Waals surface area contributed by atoms with E-state index >= 15 is 0 Å². The lowest BCUT2D eigenvalue weighted by molar-refractivity contribution is -0.137. The quantitative estimate of drug-likeness (QED) is 0.825. The summed E-state index contributed by atoms with van der Waals surface area (Å²) in [5.74, 6) is -1.10. The summed E-state index contributed by atoms with van der Waals surface area (Å²) in [6.45, 7) is 2.05. The van der Waals surface area contributed by atoms with E-state index < -0.39 is 12.0 Å². The van der Waals surface area contributed by atoms with Crippen molar-refractivity contribution in [3.05, 3.63) is 71.3 Å². The fourth-order valence-electron chi connectivity index (χ4n) is 2.61. The van der Waals surface area contributed by atoms with Gasteiger partial charge in [0.15, 0.2) is 0 Å². The highest BCUT2D eigenvalue weighted by Gasteiger charge is 2.18. The number of carbonyl (C=O) groups excluding carboxylic acids is 1. The van der Waals surface area contributed by atoms with Gasteiger partial charge in [0, 0.05) is 0 Å². The molecule has 0 aliphatic heterocycles. The first-order valence-electron chi connectivity index (χ1n) is 7.73. The number of hydrogen-bond donors (Lipinski definition) is 2. The van der Waals surface area contributed by atoms with Gasteiger partial charge in [-0.25, -0.2) is 0 Å². The van der Waals surface area contributed by atoms with Crippen molar-refractivity contribution in [2.24, 2.45) is 0 Å². The summed E-state index contributed by atoms with van der Waals surface area (Å²) < 4.78 is 0. The Balaban J connectivity index is 2.10. The van der Waals surface area contributed by atoms with Crippen LogP contribution in [0.1, 0.15) is 36.1 Å². The summed E-state index contributed by atoms with van der Waals surface area (Å²) in [6, 6.07) is 16.5. The van der Waals surface area contributed by atoms with Crippen LogP contribution in [-0.4, -0.2) is 17.0 Å². The highest BCUT2D eigenvalue weighted by Crippen LogP contribution is 2.17. The minimum absolute atomic E-state index is 0.134. The number of aliphatic carboxylic acids is 1. The number of carboxylic acid groups (broad SMARTS) is 1. The molecule has 23 heavy (non-hydrogen) atoms. The van der Waals surface area contributed by atoms with E-state index in [1.165, 1.54) is 0 Å². The first-order valence-corrected chi connectivity index (χ1v) is 7.73. The normalized spacial score (nSPS) is 11.7. The zero-order valence-electron chi connectivity index (χ0n) is 13.2. The van der Waals surface area contributed by atoms with E-state index in [1.54, 1.807) is 0 Å². The van der Waals surface area contributed by atoms with Crippen molar-refractivity contribution in [1.82, 2.24) is 5.32 Å². The summed E-state index contributed by atoms with van der Waals surface area (Å²) in [7, 11) is 0. The van der Waals surface area contributed by atoms with Crippen LogP contribution in [-0.2, 0) is 22.4 Å². The van der Waals surface area contributed by atoms with Gasteiger partial charge in [-0.15, -0.1) is 0 Å². The van der Waals surface area contributed by atoms with Gasteiger partial charge < -0.3 is 10.4 Å². The average Bonchev–Trinajstić information content (AvgIpc) is 2.55. The van der Waals surface area contributed by atoms with Crippen molar-refractivity contribution < 1.29 is 14.7 Å². The fourth-order valence-corrected chi connectivity index (χ4v) is 2.61. The third-order valence-electron chi connectivity index (χ3n) is 3.77. The zero-order chi connectivity index (χ0) is 16.7. The largest absolute Gasteiger partial charge is 0.481 e. The first kappa shape index (κ1) is 16.7. The molecule has 0 aromatic heterocycles. The number of amides is 1. The Morgan fingerprint density at radius 1 is 1.00 bits per heavy atom. The van der Waals surface area contributed by atoms with Crippen LogP contribution in [0.4, 0.5) is 0 Å². The molecular weight excluding hydrogens is 290 g/mol. The monoisotopic (exact) mass is 311 g/mol. The average molecular weight is 311 g/mol. The number of carbonyl (C=O) groups is 2. The lowest BCUT2D eigenvalue weighted by Crippen LogP contribution is -2.31. The number of hydrogen-bond acceptors (Lipinski definition) is 2. The van der Waals surface area contributed by atoms with Crippen molar-refractivity contribution in [3.8, 4) is 0 Å². The number of aryl methyl sites for hydroxylation is 1. The fraction of sp³-hybridized carbons (Fsp3) is 0.263. The van der Waals surface area contributed by atoms with Gasteiger partial charge >= 0.3 is 5.97 Å². The molecule has 0 radical (unpaired) electrons. The Bertz CT molecular complexity index is 667. The van der Waals surface area contributed by atoms with Crippen molar-refractivity contribution in [1.29, 1.82) is 0 Å². The van der Waals surface area contributed by atoms with Gasteiger partial charge in [-0.05, 0) is 23.1 Å². The van der Waals surface area contributed by atoms with Crippen molar-refractivity contribution in [2.45, 2.75) is 32.2 Å². The zero-order valence-corrected chi connectivity index (χ0v) is 13.2. The molecule has 2 aromatic rings. The Morgan fingerprint density at radius 3 is 2.22 bits per heavy atom. The van der Waals surface area contributed by atoms with Crippen molar-refractivity contribution in [2.75, 3.05) is 0 Å². The molecule has 0 aliphatic carbocycles. The summed E-state index contributed by atoms with van der Waals surface area (Å²) in [4.78, 5) is 23.4. The van der Waals surface area contributed by atoms with Crippen LogP contribution < -0.4 is 5.32 Å². The smallest absolute Gasteiger partial charge is 0.305 e. The third-order valence-corrected chi connectivity index (χ3v) is 3.77. The minimum atomic E-state index is -0.937. The molecule has 2 aromatic carbocycles. The predicted octanol–water partition coefficient (Wildman–Crippen LogP) is 3.12. The molecule has 1 amide bonds. The van der Waals surface area contributed by atoms with Gasteiger partial charge in [-0.1, -0.05) is 61.5 Å². The molecule has 1 atom stereocenters. The molecule has 4 nitrogen and oxygen atoms in total. The number of carboxylic acids is 1. The second kappa shape index (κ2) is 8.13. The van der Waals surface area contributed by atoms with E-state index in [4.69, 9.17) is 5.11 Å². The minimum Gasteiger partial charge on any atom is -0.481 e. The maximum Gasteiger partial charge on any atom is 0.305 e. The summed E-state index contributed by atoms with van der Waals surface area (Å²) in [6.07, 6.45) is 0.985. The van der Waals surface area contributed by atoms with E-state index in [1.807, 2.05) is 61.5 Å².